The number of benzene rings is 3. The van der Waals surface area contributed by atoms with Crippen LogP contribution in [0.25, 0.3) is 0 Å². The lowest BCUT2D eigenvalue weighted by atomic mass is 10.0. The summed E-state index contributed by atoms with van der Waals surface area (Å²) >= 11 is 0. The molecule has 3 rings (SSSR count). The molecule has 0 aliphatic heterocycles. The van der Waals surface area contributed by atoms with Crippen molar-refractivity contribution in [3.05, 3.63) is 88.0 Å². The number of aryl methyl sites for hydroxylation is 6. The van der Waals surface area contributed by atoms with Gasteiger partial charge in [0.1, 0.15) is 0 Å². The van der Waals surface area contributed by atoms with E-state index in [9.17, 15) is 0 Å². The average molecular weight is 599 g/mol. The fourth-order valence-electron chi connectivity index (χ4n) is 6.19. The Hall–Kier alpha value is -1.91. The number of rotatable bonds is 21. The van der Waals surface area contributed by atoms with Crippen LogP contribution in [0.4, 0.5) is 0 Å². The third kappa shape index (κ3) is 10.9. The van der Waals surface area contributed by atoms with Crippen LogP contribution in [0.2, 0.25) is 0 Å². The fraction of sp³-hybridized carbons (Fsp3) is 0.571. The Morgan fingerprint density at radius 1 is 0.349 bits per heavy atom. The normalized spacial score (nSPS) is 11.5. The van der Waals surface area contributed by atoms with Gasteiger partial charge in [0.15, 0.2) is 0 Å². The number of hydrogen-bond acceptors (Lipinski definition) is 0. The van der Waals surface area contributed by atoms with Crippen LogP contribution in [0.1, 0.15) is 152 Å². The van der Waals surface area contributed by atoms with Crippen LogP contribution in [0.3, 0.4) is 0 Å². The van der Waals surface area contributed by atoms with Crippen LogP contribution in [-0.2, 0) is 38.5 Å². The van der Waals surface area contributed by atoms with Crippen LogP contribution in [0.15, 0.2) is 54.6 Å². The van der Waals surface area contributed by atoms with E-state index < -0.39 is 7.92 Å². The predicted molar refractivity (Wildman–Crippen MR) is 197 cm³/mol. The molecule has 0 aromatic heterocycles. The standard InChI is InChI=1S/C42H63P/c1-7-13-19-34-25-28-37(22-16-10-4)40(31-34)43(41-32-35(20-14-8-2)26-29-38(41)23-17-11-5)42-33-36(21-15-9-3)27-30-39(42)24-18-12-6/h25-33H,7-24H2,1-6H3. The second kappa shape index (κ2) is 20.2. The largest absolute Gasteiger partial charge is 0.0654 e. The zero-order chi connectivity index (χ0) is 30.9. The zero-order valence-electron chi connectivity index (χ0n) is 28.9. The van der Waals surface area contributed by atoms with Gasteiger partial charge in [-0.05, 0) is 134 Å². The molecule has 0 atom stereocenters. The summed E-state index contributed by atoms with van der Waals surface area (Å²) in [6.45, 7) is 14.0. The first-order chi connectivity index (χ1) is 21.1. The lowest BCUT2D eigenvalue weighted by molar-refractivity contribution is 0.787. The van der Waals surface area contributed by atoms with Crippen LogP contribution >= 0.6 is 7.92 Å². The van der Waals surface area contributed by atoms with Crippen LogP contribution in [0.5, 0.6) is 0 Å². The van der Waals surface area contributed by atoms with Crippen molar-refractivity contribution in [1.29, 1.82) is 0 Å². The van der Waals surface area contributed by atoms with Gasteiger partial charge >= 0.3 is 0 Å². The van der Waals surface area contributed by atoms with E-state index in [-0.39, 0.29) is 0 Å². The molecule has 0 bridgehead atoms. The van der Waals surface area contributed by atoms with Gasteiger partial charge in [-0.15, -0.1) is 0 Å². The van der Waals surface area contributed by atoms with E-state index >= 15 is 0 Å². The zero-order valence-corrected chi connectivity index (χ0v) is 29.8. The Bertz CT molecular complexity index is 1050. The van der Waals surface area contributed by atoms with Crippen molar-refractivity contribution < 1.29 is 0 Å². The quantitative estimate of drug-likeness (QED) is 0.107. The molecule has 0 unspecified atom stereocenters. The summed E-state index contributed by atoms with van der Waals surface area (Å²) in [6.07, 6.45) is 22.3. The molecule has 3 aromatic rings. The molecule has 3 aromatic carbocycles. The lowest BCUT2D eigenvalue weighted by Crippen LogP contribution is -2.29. The highest BCUT2D eigenvalue weighted by Gasteiger charge is 2.26. The summed E-state index contributed by atoms with van der Waals surface area (Å²) in [5.41, 5.74) is 9.44. The van der Waals surface area contributed by atoms with Crippen LogP contribution < -0.4 is 15.9 Å². The van der Waals surface area contributed by atoms with E-state index in [2.05, 4.69) is 96.1 Å². The highest BCUT2D eigenvalue weighted by Crippen LogP contribution is 2.39. The van der Waals surface area contributed by atoms with Gasteiger partial charge in [0.2, 0.25) is 0 Å². The minimum Gasteiger partial charge on any atom is -0.0654 e. The average Bonchev–Trinajstić information content (AvgIpc) is 3.04. The summed E-state index contributed by atoms with van der Waals surface area (Å²) in [7, 11) is -0.652. The summed E-state index contributed by atoms with van der Waals surface area (Å²) in [4.78, 5) is 0. The van der Waals surface area contributed by atoms with Gasteiger partial charge in [-0.1, -0.05) is 135 Å². The highest BCUT2D eigenvalue weighted by molar-refractivity contribution is 7.80. The van der Waals surface area contributed by atoms with E-state index in [4.69, 9.17) is 0 Å². The third-order valence-electron chi connectivity index (χ3n) is 9.03. The SMILES string of the molecule is CCCCc1ccc(CCCC)c(P(c2cc(CCCC)ccc2CCCC)c2cc(CCCC)ccc2CCCC)c1. The monoisotopic (exact) mass is 598 g/mol. The van der Waals surface area contributed by atoms with Gasteiger partial charge in [-0.25, -0.2) is 0 Å². The molecule has 1 heteroatoms. The van der Waals surface area contributed by atoms with E-state index in [1.165, 1.54) is 116 Å². The maximum absolute atomic E-state index is 2.68. The number of unbranched alkanes of at least 4 members (excludes halogenated alkanes) is 6. The molecule has 0 fully saturated rings. The Morgan fingerprint density at radius 3 is 0.860 bits per heavy atom. The second-order valence-electron chi connectivity index (χ2n) is 12.8. The summed E-state index contributed by atoms with van der Waals surface area (Å²) in [5, 5.41) is 4.98. The van der Waals surface area contributed by atoms with Crippen LogP contribution in [-0.4, -0.2) is 0 Å². The Labute approximate surface area is 268 Å². The first kappa shape index (κ1) is 35.6. The molecule has 0 nitrogen and oxygen atoms in total. The Morgan fingerprint density at radius 2 is 0.605 bits per heavy atom. The maximum Gasteiger partial charge on any atom is -0.0116 e. The molecule has 0 amide bonds. The topological polar surface area (TPSA) is 0 Å². The van der Waals surface area contributed by atoms with Crippen molar-refractivity contribution in [2.75, 3.05) is 0 Å². The Balaban J connectivity index is 2.37. The first-order valence-corrected chi connectivity index (χ1v) is 19.6. The maximum atomic E-state index is 2.68. The molecule has 0 saturated carbocycles. The van der Waals surface area contributed by atoms with Crippen molar-refractivity contribution >= 4 is 23.8 Å². The van der Waals surface area contributed by atoms with Crippen molar-refractivity contribution in [3.63, 3.8) is 0 Å². The molecule has 0 spiro atoms. The highest BCUT2D eigenvalue weighted by atomic mass is 31.1. The molecule has 0 aliphatic rings. The molecule has 0 heterocycles. The Kier molecular flexibility index (Phi) is 16.7. The molecule has 0 saturated heterocycles. The molecule has 0 N–H and O–H groups in total. The lowest BCUT2D eigenvalue weighted by Gasteiger charge is -2.29. The minimum atomic E-state index is -0.652. The van der Waals surface area contributed by atoms with Crippen molar-refractivity contribution in [1.82, 2.24) is 0 Å². The van der Waals surface area contributed by atoms with Gasteiger partial charge in [0.25, 0.3) is 0 Å². The number of hydrogen-bond donors (Lipinski definition) is 0. The summed E-state index contributed by atoms with van der Waals surface area (Å²) in [5.74, 6) is 0. The van der Waals surface area contributed by atoms with E-state index in [0.29, 0.717) is 0 Å². The smallest absolute Gasteiger partial charge is 0.0116 e. The van der Waals surface area contributed by atoms with Crippen LogP contribution in [0, 0.1) is 0 Å². The summed E-state index contributed by atoms with van der Waals surface area (Å²) in [6, 6.07) is 23.0. The van der Waals surface area contributed by atoms with Crippen molar-refractivity contribution in [3.8, 4) is 0 Å². The second-order valence-corrected chi connectivity index (χ2v) is 15.0. The van der Waals surface area contributed by atoms with Crippen molar-refractivity contribution in [2.24, 2.45) is 0 Å². The van der Waals surface area contributed by atoms with Gasteiger partial charge in [0, 0.05) is 0 Å². The van der Waals surface area contributed by atoms with Crippen molar-refractivity contribution in [2.45, 2.75) is 157 Å². The molecule has 0 radical (unpaired) electrons. The first-order valence-electron chi connectivity index (χ1n) is 18.2. The minimum absolute atomic E-state index is 0.652. The molecule has 236 valence electrons. The third-order valence-corrected chi connectivity index (χ3v) is 11.7. The van der Waals surface area contributed by atoms with Gasteiger partial charge in [0.05, 0.1) is 0 Å². The van der Waals surface area contributed by atoms with Gasteiger partial charge in [-0.2, -0.15) is 0 Å². The summed E-state index contributed by atoms with van der Waals surface area (Å²) < 4.78 is 0. The van der Waals surface area contributed by atoms with E-state index in [0.717, 1.165) is 0 Å². The fourth-order valence-corrected chi connectivity index (χ4v) is 9.27. The van der Waals surface area contributed by atoms with E-state index in [1.54, 1.807) is 49.3 Å². The molecule has 0 aliphatic carbocycles. The van der Waals surface area contributed by atoms with Gasteiger partial charge < -0.3 is 0 Å². The molecular formula is C42H63P. The van der Waals surface area contributed by atoms with E-state index in [1.807, 2.05) is 0 Å². The molecule has 43 heavy (non-hydrogen) atoms. The predicted octanol–water partition coefficient (Wildman–Crippen LogP) is 11.5. The molecular weight excluding hydrogens is 535 g/mol. The van der Waals surface area contributed by atoms with Gasteiger partial charge in [-0.3, -0.25) is 0 Å².